The maximum Gasteiger partial charge on any atom is 0.308 e. The van der Waals surface area contributed by atoms with E-state index in [1.165, 1.54) is 11.3 Å². The Morgan fingerprint density at radius 3 is 2.52 bits per heavy atom. The van der Waals surface area contributed by atoms with Gasteiger partial charge in [0.25, 0.3) is 0 Å². The average molecular weight is 354 g/mol. The molecule has 25 heavy (non-hydrogen) atoms. The van der Waals surface area contributed by atoms with Gasteiger partial charge in [-0.15, -0.1) is 11.3 Å². The second-order valence-electron chi connectivity index (χ2n) is 5.60. The van der Waals surface area contributed by atoms with Crippen molar-refractivity contribution in [2.24, 2.45) is 5.92 Å². The smallest absolute Gasteiger partial charge is 0.308 e. The summed E-state index contributed by atoms with van der Waals surface area (Å²) in [6.07, 6.45) is 0. The van der Waals surface area contributed by atoms with Crippen LogP contribution in [0.15, 0.2) is 60.0 Å². The zero-order valence-electron chi connectivity index (χ0n) is 13.7. The first-order valence-electron chi connectivity index (χ1n) is 7.87. The lowest BCUT2D eigenvalue weighted by atomic mass is 10.2. The number of rotatable bonds is 7. The first-order valence-corrected chi connectivity index (χ1v) is 8.75. The SMILES string of the molecule is CC(CNc1nc(-c2ccc(Oc3ccccc3)cc2)cs1)C(=O)O. The molecule has 1 unspecified atom stereocenters. The van der Waals surface area contributed by atoms with Crippen molar-refractivity contribution in [2.45, 2.75) is 6.92 Å². The van der Waals surface area contributed by atoms with Crippen LogP contribution in [0.4, 0.5) is 5.13 Å². The molecule has 1 heterocycles. The van der Waals surface area contributed by atoms with Gasteiger partial charge in [0.1, 0.15) is 11.5 Å². The number of carboxylic acids is 1. The van der Waals surface area contributed by atoms with Crippen molar-refractivity contribution in [2.75, 3.05) is 11.9 Å². The van der Waals surface area contributed by atoms with Crippen molar-refractivity contribution < 1.29 is 14.6 Å². The van der Waals surface area contributed by atoms with Crippen LogP contribution < -0.4 is 10.1 Å². The molecule has 0 aliphatic carbocycles. The molecule has 5 nitrogen and oxygen atoms in total. The Balaban J connectivity index is 1.63. The molecule has 2 aromatic carbocycles. The molecule has 2 N–H and O–H groups in total. The predicted octanol–water partition coefficient (Wildman–Crippen LogP) is 4.74. The number of carbonyl (C=O) groups is 1. The Morgan fingerprint density at radius 1 is 1.16 bits per heavy atom. The number of ether oxygens (including phenoxy) is 1. The Bertz CT molecular complexity index is 831. The molecule has 128 valence electrons. The van der Waals surface area contributed by atoms with Crippen LogP contribution in [-0.2, 0) is 4.79 Å². The summed E-state index contributed by atoms with van der Waals surface area (Å²) in [7, 11) is 0. The minimum atomic E-state index is -0.821. The van der Waals surface area contributed by atoms with Crippen LogP contribution in [0.3, 0.4) is 0 Å². The standard InChI is InChI=1S/C19H18N2O3S/c1-13(18(22)23)11-20-19-21-17(12-25-19)14-7-9-16(10-8-14)24-15-5-3-2-4-6-15/h2-10,12-13H,11H2,1H3,(H,20,21)(H,22,23). The van der Waals surface area contributed by atoms with Gasteiger partial charge in [-0.25, -0.2) is 4.98 Å². The largest absolute Gasteiger partial charge is 0.481 e. The average Bonchev–Trinajstić information content (AvgIpc) is 3.10. The fourth-order valence-corrected chi connectivity index (χ4v) is 2.86. The molecule has 0 saturated carbocycles. The van der Waals surface area contributed by atoms with Gasteiger partial charge >= 0.3 is 5.97 Å². The summed E-state index contributed by atoms with van der Waals surface area (Å²) >= 11 is 1.46. The number of nitrogens with one attached hydrogen (secondary N) is 1. The first-order chi connectivity index (χ1) is 12.1. The van der Waals surface area contributed by atoms with Gasteiger partial charge in [0.15, 0.2) is 5.13 Å². The molecule has 0 aliphatic rings. The third-order valence-electron chi connectivity index (χ3n) is 3.61. The van der Waals surface area contributed by atoms with Gasteiger partial charge in [-0.2, -0.15) is 0 Å². The quantitative estimate of drug-likeness (QED) is 0.641. The normalized spacial score (nSPS) is 11.7. The fraction of sp³-hybridized carbons (Fsp3) is 0.158. The maximum absolute atomic E-state index is 10.8. The van der Waals surface area contributed by atoms with Crippen LogP contribution >= 0.6 is 11.3 Å². The molecular weight excluding hydrogens is 336 g/mol. The first kappa shape index (κ1) is 17.0. The van der Waals surface area contributed by atoms with Crippen molar-refractivity contribution in [1.82, 2.24) is 4.98 Å². The predicted molar refractivity (Wildman–Crippen MR) is 99.4 cm³/mol. The molecule has 0 amide bonds. The van der Waals surface area contributed by atoms with Crippen LogP contribution in [0.5, 0.6) is 11.5 Å². The van der Waals surface area contributed by atoms with Crippen molar-refractivity contribution in [3.05, 3.63) is 60.0 Å². The summed E-state index contributed by atoms with van der Waals surface area (Å²) in [5.74, 6) is 0.279. The van der Waals surface area contributed by atoms with Crippen molar-refractivity contribution >= 4 is 22.4 Å². The highest BCUT2D eigenvalue weighted by Crippen LogP contribution is 2.28. The summed E-state index contributed by atoms with van der Waals surface area (Å²) in [6.45, 7) is 2.02. The van der Waals surface area contributed by atoms with Crippen molar-refractivity contribution in [1.29, 1.82) is 0 Å². The number of hydrogen-bond donors (Lipinski definition) is 2. The number of thiazole rings is 1. The van der Waals surface area contributed by atoms with E-state index in [2.05, 4.69) is 10.3 Å². The summed E-state index contributed by atoms with van der Waals surface area (Å²) in [5, 5.41) is 14.6. The third kappa shape index (κ3) is 4.58. The summed E-state index contributed by atoms with van der Waals surface area (Å²) in [5.41, 5.74) is 1.83. The molecule has 3 rings (SSSR count). The van der Waals surface area contributed by atoms with Gasteiger partial charge in [-0.1, -0.05) is 25.1 Å². The number of carboxylic acid groups (broad SMARTS) is 1. The topological polar surface area (TPSA) is 71.5 Å². The highest BCUT2D eigenvalue weighted by molar-refractivity contribution is 7.14. The van der Waals surface area contributed by atoms with E-state index >= 15 is 0 Å². The van der Waals surface area contributed by atoms with Crippen LogP contribution in [0.1, 0.15) is 6.92 Å². The van der Waals surface area contributed by atoms with E-state index < -0.39 is 11.9 Å². The highest BCUT2D eigenvalue weighted by atomic mass is 32.1. The van der Waals surface area contributed by atoms with Gasteiger partial charge in [0, 0.05) is 17.5 Å². The fourth-order valence-electron chi connectivity index (χ4n) is 2.13. The van der Waals surface area contributed by atoms with Crippen molar-refractivity contribution in [3.63, 3.8) is 0 Å². The number of anilines is 1. The van der Waals surface area contributed by atoms with Crippen LogP contribution in [0.2, 0.25) is 0 Å². The summed E-state index contributed by atoms with van der Waals surface area (Å²) in [6, 6.07) is 17.3. The molecule has 6 heteroatoms. The summed E-state index contributed by atoms with van der Waals surface area (Å²) < 4.78 is 5.78. The molecule has 1 aromatic heterocycles. The monoisotopic (exact) mass is 354 g/mol. The van der Waals surface area contributed by atoms with E-state index in [9.17, 15) is 4.79 Å². The highest BCUT2D eigenvalue weighted by Gasteiger charge is 2.11. The third-order valence-corrected chi connectivity index (χ3v) is 4.41. The minimum absolute atomic E-state index is 0.353. The Morgan fingerprint density at radius 2 is 1.84 bits per heavy atom. The van der Waals surface area contributed by atoms with Gasteiger partial charge in [0.2, 0.25) is 0 Å². The number of hydrogen-bond acceptors (Lipinski definition) is 5. The Labute approximate surface area is 149 Å². The van der Waals surface area contributed by atoms with Gasteiger partial charge in [-0.3, -0.25) is 4.79 Å². The second kappa shape index (κ2) is 7.81. The number of nitrogens with zero attached hydrogens (tertiary/aromatic N) is 1. The lowest BCUT2D eigenvalue weighted by Crippen LogP contribution is -2.19. The van der Waals surface area contributed by atoms with E-state index in [1.807, 2.05) is 60.0 Å². The number of aromatic nitrogens is 1. The number of benzene rings is 2. The molecule has 0 saturated heterocycles. The molecule has 1 atom stereocenters. The molecular formula is C19H18N2O3S. The Hall–Kier alpha value is -2.86. The van der Waals surface area contributed by atoms with Gasteiger partial charge < -0.3 is 15.2 Å². The lowest BCUT2D eigenvalue weighted by Gasteiger charge is -2.06. The molecule has 3 aromatic rings. The minimum Gasteiger partial charge on any atom is -0.481 e. The number of aliphatic carboxylic acids is 1. The van der Waals surface area contributed by atoms with Crippen LogP contribution in [0.25, 0.3) is 11.3 Å². The van der Waals surface area contributed by atoms with E-state index in [-0.39, 0.29) is 0 Å². The molecule has 0 fully saturated rings. The van der Waals surface area contributed by atoms with E-state index in [0.717, 1.165) is 22.8 Å². The summed E-state index contributed by atoms with van der Waals surface area (Å²) in [4.78, 5) is 15.3. The zero-order chi connectivity index (χ0) is 17.6. The van der Waals surface area contributed by atoms with Crippen molar-refractivity contribution in [3.8, 4) is 22.8 Å². The lowest BCUT2D eigenvalue weighted by molar-refractivity contribution is -0.140. The second-order valence-corrected chi connectivity index (χ2v) is 6.46. The van der Waals surface area contributed by atoms with Gasteiger partial charge in [-0.05, 0) is 36.4 Å². The molecule has 0 spiro atoms. The van der Waals surface area contributed by atoms with Gasteiger partial charge in [0.05, 0.1) is 11.6 Å². The van der Waals surface area contributed by atoms with Crippen LogP contribution in [0, 0.1) is 5.92 Å². The maximum atomic E-state index is 10.8. The zero-order valence-corrected chi connectivity index (χ0v) is 14.5. The van der Waals surface area contributed by atoms with E-state index in [0.29, 0.717) is 11.7 Å². The van der Waals surface area contributed by atoms with E-state index in [1.54, 1.807) is 6.92 Å². The molecule has 0 aliphatic heterocycles. The Kier molecular flexibility index (Phi) is 5.30. The van der Waals surface area contributed by atoms with E-state index in [4.69, 9.17) is 9.84 Å². The molecule has 0 radical (unpaired) electrons. The molecule has 0 bridgehead atoms. The van der Waals surface area contributed by atoms with Crippen LogP contribution in [-0.4, -0.2) is 22.6 Å². The number of para-hydroxylation sites is 1.